The van der Waals surface area contributed by atoms with E-state index < -0.39 is 0 Å². The maximum absolute atomic E-state index is 10.9. The Kier molecular flexibility index (Phi) is 3.33. The molecule has 1 heterocycles. The van der Waals surface area contributed by atoms with Crippen LogP contribution in [0, 0.1) is 0 Å². The first-order valence-corrected chi connectivity index (χ1v) is 4.66. The Morgan fingerprint density at radius 3 is 2.93 bits per heavy atom. The monoisotopic (exact) mass is 196 g/mol. The third-order valence-electron chi connectivity index (χ3n) is 2.32. The predicted molar refractivity (Wildman–Crippen MR) is 53.6 cm³/mol. The summed E-state index contributed by atoms with van der Waals surface area (Å²) in [6.07, 6.45) is 6.81. The SMILES string of the molecule is COC(=O)/C=C/C1(C)CCC(C)=CO1. The molecule has 0 aliphatic carbocycles. The summed E-state index contributed by atoms with van der Waals surface area (Å²) in [6, 6.07) is 0. The van der Waals surface area contributed by atoms with E-state index in [0.717, 1.165) is 12.8 Å². The minimum Gasteiger partial charge on any atom is -0.491 e. The van der Waals surface area contributed by atoms with E-state index in [2.05, 4.69) is 4.74 Å². The van der Waals surface area contributed by atoms with Gasteiger partial charge in [-0.2, -0.15) is 0 Å². The van der Waals surface area contributed by atoms with Crippen molar-refractivity contribution in [2.75, 3.05) is 7.11 Å². The van der Waals surface area contributed by atoms with Crippen LogP contribution >= 0.6 is 0 Å². The van der Waals surface area contributed by atoms with Crippen LogP contribution in [0.25, 0.3) is 0 Å². The summed E-state index contributed by atoms with van der Waals surface area (Å²) >= 11 is 0. The van der Waals surface area contributed by atoms with Gasteiger partial charge in [-0.3, -0.25) is 0 Å². The van der Waals surface area contributed by atoms with Gasteiger partial charge in [0, 0.05) is 6.08 Å². The molecule has 0 aromatic carbocycles. The first-order valence-electron chi connectivity index (χ1n) is 4.66. The van der Waals surface area contributed by atoms with Gasteiger partial charge in [-0.15, -0.1) is 0 Å². The van der Waals surface area contributed by atoms with Crippen LogP contribution in [0.2, 0.25) is 0 Å². The van der Waals surface area contributed by atoms with Crippen LogP contribution in [0.1, 0.15) is 26.7 Å². The van der Waals surface area contributed by atoms with Crippen molar-refractivity contribution in [3.05, 3.63) is 24.0 Å². The number of methoxy groups -OCH3 is 1. The molecule has 0 aromatic heterocycles. The van der Waals surface area contributed by atoms with E-state index in [1.807, 2.05) is 13.8 Å². The molecule has 0 fully saturated rings. The number of ether oxygens (including phenoxy) is 2. The molecule has 1 aliphatic heterocycles. The van der Waals surface area contributed by atoms with E-state index in [-0.39, 0.29) is 11.6 Å². The fourth-order valence-electron chi connectivity index (χ4n) is 1.23. The zero-order valence-electron chi connectivity index (χ0n) is 8.87. The molecule has 0 bridgehead atoms. The van der Waals surface area contributed by atoms with Crippen LogP contribution in [0.15, 0.2) is 24.0 Å². The molecule has 0 saturated heterocycles. The molecule has 3 nitrogen and oxygen atoms in total. The smallest absolute Gasteiger partial charge is 0.330 e. The minimum atomic E-state index is -0.367. The van der Waals surface area contributed by atoms with Gasteiger partial charge in [0.15, 0.2) is 0 Å². The van der Waals surface area contributed by atoms with Crippen LogP contribution in [0.3, 0.4) is 0 Å². The second-order valence-electron chi connectivity index (χ2n) is 3.75. The van der Waals surface area contributed by atoms with Crippen molar-refractivity contribution in [3.63, 3.8) is 0 Å². The summed E-state index contributed by atoms with van der Waals surface area (Å²) in [5.41, 5.74) is 0.863. The lowest BCUT2D eigenvalue weighted by molar-refractivity contribution is -0.134. The Morgan fingerprint density at radius 2 is 2.43 bits per heavy atom. The molecule has 0 amide bonds. The van der Waals surface area contributed by atoms with Crippen molar-refractivity contribution in [1.82, 2.24) is 0 Å². The van der Waals surface area contributed by atoms with Crippen molar-refractivity contribution in [3.8, 4) is 0 Å². The molecular weight excluding hydrogens is 180 g/mol. The van der Waals surface area contributed by atoms with Crippen molar-refractivity contribution in [2.24, 2.45) is 0 Å². The molecule has 1 unspecified atom stereocenters. The van der Waals surface area contributed by atoms with Crippen LogP contribution in [0.5, 0.6) is 0 Å². The summed E-state index contributed by atoms with van der Waals surface area (Å²) in [6.45, 7) is 3.99. The van der Waals surface area contributed by atoms with E-state index in [1.165, 1.54) is 18.8 Å². The number of rotatable bonds is 2. The summed E-state index contributed by atoms with van der Waals surface area (Å²) < 4.78 is 10.0. The van der Waals surface area contributed by atoms with Crippen molar-refractivity contribution in [1.29, 1.82) is 0 Å². The van der Waals surface area contributed by atoms with Gasteiger partial charge in [-0.1, -0.05) is 0 Å². The van der Waals surface area contributed by atoms with Gasteiger partial charge in [-0.05, 0) is 38.3 Å². The average molecular weight is 196 g/mol. The lowest BCUT2D eigenvalue weighted by atomic mass is 9.95. The van der Waals surface area contributed by atoms with Crippen molar-refractivity contribution >= 4 is 5.97 Å². The van der Waals surface area contributed by atoms with Crippen LogP contribution in [-0.2, 0) is 14.3 Å². The lowest BCUT2D eigenvalue weighted by Gasteiger charge is -2.29. The second kappa shape index (κ2) is 4.31. The topological polar surface area (TPSA) is 35.5 Å². The van der Waals surface area contributed by atoms with Crippen molar-refractivity contribution < 1.29 is 14.3 Å². The molecule has 0 radical (unpaired) electrons. The van der Waals surface area contributed by atoms with Gasteiger partial charge in [0.05, 0.1) is 13.4 Å². The van der Waals surface area contributed by atoms with E-state index in [4.69, 9.17) is 4.74 Å². The highest BCUT2D eigenvalue weighted by Crippen LogP contribution is 2.27. The molecule has 78 valence electrons. The quantitative estimate of drug-likeness (QED) is 0.501. The average Bonchev–Trinajstić information content (AvgIpc) is 2.20. The molecule has 1 rings (SSSR count). The number of carbonyl (C=O) groups is 1. The van der Waals surface area contributed by atoms with Gasteiger partial charge in [0.1, 0.15) is 5.60 Å². The fraction of sp³-hybridized carbons (Fsp3) is 0.545. The normalized spacial score (nSPS) is 26.9. The molecule has 0 N–H and O–H groups in total. The highest BCUT2D eigenvalue weighted by molar-refractivity contribution is 5.81. The Hall–Kier alpha value is -1.25. The van der Waals surface area contributed by atoms with Crippen molar-refractivity contribution in [2.45, 2.75) is 32.3 Å². The number of allylic oxidation sites excluding steroid dienone is 1. The Morgan fingerprint density at radius 1 is 1.71 bits per heavy atom. The first-order chi connectivity index (χ1) is 6.56. The second-order valence-corrected chi connectivity index (χ2v) is 3.75. The Bertz CT molecular complexity index is 278. The lowest BCUT2D eigenvalue weighted by Crippen LogP contribution is -2.27. The number of carbonyl (C=O) groups excluding carboxylic acids is 1. The Labute approximate surface area is 84.4 Å². The molecule has 0 spiro atoms. The van der Waals surface area contributed by atoms with Crippen LogP contribution < -0.4 is 0 Å². The molecule has 3 heteroatoms. The summed E-state index contributed by atoms with van der Waals surface area (Å²) in [7, 11) is 1.36. The van der Waals surface area contributed by atoms with Gasteiger partial charge in [0.2, 0.25) is 0 Å². The molecular formula is C11H16O3. The van der Waals surface area contributed by atoms with Gasteiger partial charge >= 0.3 is 5.97 Å². The minimum absolute atomic E-state index is 0.346. The largest absolute Gasteiger partial charge is 0.491 e. The number of hydrogen-bond acceptors (Lipinski definition) is 3. The van der Waals surface area contributed by atoms with Crippen LogP contribution in [0.4, 0.5) is 0 Å². The molecule has 0 saturated carbocycles. The number of esters is 1. The predicted octanol–water partition coefficient (Wildman–Crippen LogP) is 2.19. The Balaban J connectivity index is 2.60. The summed E-state index contributed by atoms with van der Waals surface area (Å²) in [5, 5.41) is 0. The summed E-state index contributed by atoms with van der Waals surface area (Å²) in [4.78, 5) is 10.9. The highest BCUT2D eigenvalue weighted by atomic mass is 16.5. The molecule has 1 atom stereocenters. The fourth-order valence-corrected chi connectivity index (χ4v) is 1.23. The van der Waals surface area contributed by atoms with Gasteiger partial charge < -0.3 is 9.47 Å². The highest BCUT2D eigenvalue weighted by Gasteiger charge is 2.24. The maximum atomic E-state index is 10.9. The van der Waals surface area contributed by atoms with E-state index in [0.29, 0.717) is 0 Å². The van der Waals surface area contributed by atoms with E-state index in [9.17, 15) is 4.79 Å². The number of hydrogen-bond donors (Lipinski definition) is 0. The maximum Gasteiger partial charge on any atom is 0.330 e. The zero-order valence-corrected chi connectivity index (χ0v) is 8.87. The van der Waals surface area contributed by atoms with E-state index in [1.54, 1.807) is 12.3 Å². The third-order valence-corrected chi connectivity index (χ3v) is 2.32. The molecule has 0 aromatic rings. The standard InChI is InChI=1S/C11H16O3/c1-9-4-6-11(2,14-8-9)7-5-10(12)13-3/h5,7-8H,4,6H2,1-3H3/b7-5+. The molecule has 14 heavy (non-hydrogen) atoms. The first kappa shape index (κ1) is 10.8. The van der Waals surface area contributed by atoms with E-state index >= 15 is 0 Å². The van der Waals surface area contributed by atoms with Crippen LogP contribution in [-0.4, -0.2) is 18.7 Å². The zero-order chi connectivity index (χ0) is 10.6. The summed E-state index contributed by atoms with van der Waals surface area (Å²) in [5.74, 6) is -0.346. The van der Waals surface area contributed by atoms with Gasteiger partial charge in [-0.25, -0.2) is 4.79 Å². The molecule has 1 aliphatic rings. The third kappa shape index (κ3) is 2.91. The van der Waals surface area contributed by atoms with Gasteiger partial charge in [0.25, 0.3) is 0 Å².